The van der Waals surface area contributed by atoms with Crippen molar-refractivity contribution in [1.29, 1.82) is 0 Å². The topological polar surface area (TPSA) is 99.3 Å². The number of anilines is 3. The molecule has 0 atom stereocenters. The number of ether oxygens (including phenoxy) is 1. The number of benzene rings is 1. The molecule has 0 aliphatic carbocycles. The number of rotatable bonds is 3. The van der Waals surface area contributed by atoms with E-state index in [1.807, 2.05) is 24.3 Å². The molecule has 23 heavy (non-hydrogen) atoms. The zero-order chi connectivity index (χ0) is 16.1. The highest BCUT2D eigenvalue weighted by atomic mass is 16.5. The van der Waals surface area contributed by atoms with Crippen LogP contribution in [-0.4, -0.2) is 42.5 Å². The monoisotopic (exact) mass is 315 g/mol. The maximum atomic E-state index is 12.1. The Morgan fingerprint density at radius 2 is 1.91 bits per heavy atom. The molecule has 2 aromatic rings. The number of urea groups is 1. The fraction of sp³-hybridized carbons (Fsp3) is 0.267. The van der Waals surface area contributed by atoms with Crippen molar-refractivity contribution < 1.29 is 9.53 Å². The fourth-order valence-corrected chi connectivity index (χ4v) is 2.34. The fourth-order valence-electron chi connectivity index (χ4n) is 2.34. The van der Waals surface area contributed by atoms with Crippen LogP contribution in [0.2, 0.25) is 0 Å². The third-order valence-corrected chi connectivity index (χ3v) is 3.42. The highest BCUT2D eigenvalue weighted by molar-refractivity contribution is 6.01. The van der Waals surface area contributed by atoms with E-state index < -0.39 is 6.03 Å². The second kappa shape index (κ2) is 6.93. The van der Waals surface area contributed by atoms with Gasteiger partial charge in [0.25, 0.3) is 5.56 Å². The van der Waals surface area contributed by atoms with Gasteiger partial charge in [0.2, 0.25) is 0 Å². The summed E-state index contributed by atoms with van der Waals surface area (Å²) in [7, 11) is 0. The number of nitrogens with one attached hydrogen (secondary N) is 3. The van der Waals surface area contributed by atoms with Gasteiger partial charge in [-0.3, -0.25) is 10.1 Å². The van der Waals surface area contributed by atoms with Crippen LogP contribution in [-0.2, 0) is 4.74 Å². The van der Waals surface area contributed by atoms with E-state index in [0.29, 0.717) is 18.9 Å². The molecule has 3 N–H and O–H groups in total. The van der Waals surface area contributed by atoms with E-state index in [4.69, 9.17) is 4.74 Å². The van der Waals surface area contributed by atoms with Crippen molar-refractivity contribution in [2.24, 2.45) is 0 Å². The number of morpholine rings is 1. The van der Waals surface area contributed by atoms with Crippen molar-refractivity contribution in [2.45, 2.75) is 0 Å². The van der Waals surface area contributed by atoms with E-state index in [1.54, 1.807) is 0 Å². The molecule has 0 unspecified atom stereocenters. The van der Waals surface area contributed by atoms with Gasteiger partial charge in [-0.15, -0.1) is 0 Å². The number of H-pyrrole nitrogens is 1. The van der Waals surface area contributed by atoms with Crippen molar-refractivity contribution in [1.82, 2.24) is 10.2 Å². The summed E-state index contributed by atoms with van der Waals surface area (Å²) in [5.41, 5.74) is 1.32. The molecule has 0 bridgehead atoms. The lowest BCUT2D eigenvalue weighted by Gasteiger charge is -2.30. The van der Waals surface area contributed by atoms with E-state index in [-0.39, 0.29) is 11.4 Å². The van der Waals surface area contributed by atoms with Gasteiger partial charge < -0.3 is 15.0 Å². The molecular formula is C15H17N5O3. The Kier molecular flexibility index (Phi) is 4.53. The minimum Gasteiger partial charge on any atom is -0.378 e. The molecule has 1 aliphatic rings. The highest BCUT2D eigenvalue weighted by Gasteiger charge is 2.15. The van der Waals surface area contributed by atoms with Crippen molar-refractivity contribution >= 4 is 23.2 Å². The number of amides is 2. The number of hydrogen-bond donors (Lipinski definition) is 3. The zero-order valence-electron chi connectivity index (χ0n) is 12.4. The summed E-state index contributed by atoms with van der Waals surface area (Å²) in [5, 5.41) is 11.4. The molecule has 1 aromatic heterocycles. The van der Waals surface area contributed by atoms with Gasteiger partial charge in [-0.2, -0.15) is 5.10 Å². The first-order valence-corrected chi connectivity index (χ1v) is 7.28. The molecule has 0 saturated carbocycles. The number of hydrogen-bond acceptors (Lipinski definition) is 5. The van der Waals surface area contributed by atoms with Crippen molar-refractivity contribution in [3.8, 4) is 0 Å². The lowest BCUT2D eigenvalue weighted by Crippen LogP contribution is -2.37. The molecule has 1 aromatic carbocycles. The normalized spacial score (nSPS) is 14.3. The number of carbonyl (C=O) groups excluding carboxylic acids is 1. The molecule has 120 valence electrons. The standard InChI is InChI=1S/C15H17N5O3/c21-14-6-5-13(18-19-14)17-15(22)16-11-3-1-2-4-12(11)20-7-9-23-10-8-20/h1-6H,7-10H2,(H,19,21)(H2,16,17,18,22). The van der Waals surface area contributed by atoms with E-state index in [1.165, 1.54) is 12.1 Å². The maximum absolute atomic E-state index is 12.1. The summed E-state index contributed by atoms with van der Waals surface area (Å²) in [6, 6.07) is 9.89. The second-order valence-electron chi connectivity index (χ2n) is 5.00. The molecule has 2 amide bonds. The Morgan fingerprint density at radius 3 is 2.65 bits per heavy atom. The summed E-state index contributed by atoms with van der Waals surface area (Å²) in [6.45, 7) is 2.90. The van der Waals surface area contributed by atoms with Crippen molar-refractivity contribution in [3.05, 3.63) is 46.8 Å². The third kappa shape index (κ3) is 3.86. The summed E-state index contributed by atoms with van der Waals surface area (Å²) < 4.78 is 5.35. The SMILES string of the molecule is O=C(Nc1ccc(=O)[nH]n1)Nc1ccccc1N1CCOCC1. The molecule has 3 rings (SSSR count). The van der Waals surface area contributed by atoms with Gasteiger partial charge in [0.1, 0.15) is 0 Å². The van der Waals surface area contributed by atoms with Crippen LogP contribution >= 0.6 is 0 Å². The van der Waals surface area contributed by atoms with Crippen LogP contribution in [0.1, 0.15) is 0 Å². The maximum Gasteiger partial charge on any atom is 0.324 e. The molecule has 0 radical (unpaired) electrons. The minimum absolute atomic E-state index is 0.269. The van der Waals surface area contributed by atoms with Gasteiger partial charge in [-0.1, -0.05) is 12.1 Å². The smallest absolute Gasteiger partial charge is 0.324 e. The average Bonchev–Trinajstić information content (AvgIpc) is 2.58. The Morgan fingerprint density at radius 1 is 1.13 bits per heavy atom. The first-order chi connectivity index (χ1) is 11.2. The Bertz CT molecular complexity index is 719. The van der Waals surface area contributed by atoms with Gasteiger partial charge in [0, 0.05) is 19.2 Å². The van der Waals surface area contributed by atoms with Crippen LogP contribution < -0.4 is 21.1 Å². The van der Waals surface area contributed by atoms with Gasteiger partial charge >= 0.3 is 6.03 Å². The largest absolute Gasteiger partial charge is 0.378 e. The summed E-state index contributed by atoms with van der Waals surface area (Å²) in [4.78, 5) is 25.2. The number of aromatic amines is 1. The van der Waals surface area contributed by atoms with E-state index in [0.717, 1.165) is 18.8 Å². The molecular weight excluding hydrogens is 298 g/mol. The van der Waals surface area contributed by atoms with Crippen molar-refractivity contribution in [3.63, 3.8) is 0 Å². The van der Waals surface area contributed by atoms with E-state index >= 15 is 0 Å². The van der Waals surface area contributed by atoms with Crippen LogP contribution in [0.25, 0.3) is 0 Å². The average molecular weight is 315 g/mol. The number of carbonyl (C=O) groups is 1. The second-order valence-corrected chi connectivity index (χ2v) is 5.00. The van der Waals surface area contributed by atoms with Crippen LogP contribution in [0.3, 0.4) is 0 Å². The molecule has 1 fully saturated rings. The molecule has 8 heteroatoms. The molecule has 8 nitrogen and oxygen atoms in total. The Hall–Kier alpha value is -2.87. The first kappa shape index (κ1) is 15.0. The summed E-state index contributed by atoms with van der Waals surface area (Å²) in [5.74, 6) is 0.269. The van der Waals surface area contributed by atoms with Crippen LogP contribution in [0.4, 0.5) is 22.0 Å². The predicted octanol–water partition coefficient (Wildman–Crippen LogP) is 1.25. The number of para-hydroxylation sites is 2. The molecule has 2 heterocycles. The first-order valence-electron chi connectivity index (χ1n) is 7.28. The van der Waals surface area contributed by atoms with Crippen molar-refractivity contribution in [2.75, 3.05) is 41.8 Å². The third-order valence-electron chi connectivity index (χ3n) is 3.42. The van der Waals surface area contributed by atoms with Gasteiger partial charge in [0.05, 0.1) is 24.6 Å². The van der Waals surface area contributed by atoms with E-state index in [9.17, 15) is 9.59 Å². The van der Waals surface area contributed by atoms with Gasteiger partial charge in [-0.25, -0.2) is 9.89 Å². The van der Waals surface area contributed by atoms with E-state index in [2.05, 4.69) is 25.7 Å². The Balaban J connectivity index is 1.70. The minimum atomic E-state index is -0.426. The highest BCUT2D eigenvalue weighted by Crippen LogP contribution is 2.26. The molecule has 1 saturated heterocycles. The number of nitrogens with zero attached hydrogens (tertiary/aromatic N) is 2. The zero-order valence-corrected chi connectivity index (χ0v) is 12.4. The lowest BCUT2D eigenvalue weighted by molar-refractivity contribution is 0.123. The van der Waals surface area contributed by atoms with Gasteiger partial charge in [0.15, 0.2) is 5.82 Å². The quantitative estimate of drug-likeness (QED) is 0.791. The van der Waals surface area contributed by atoms with Crippen LogP contribution in [0.5, 0.6) is 0 Å². The van der Waals surface area contributed by atoms with Crippen LogP contribution in [0.15, 0.2) is 41.2 Å². The molecule has 0 spiro atoms. The predicted molar refractivity (Wildman–Crippen MR) is 87.0 cm³/mol. The lowest BCUT2D eigenvalue weighted by atomic mass is 10.2. The van der Waals surface area contributed by atoms with Gasteiger partial charge in [-0.05, 0) is 18.2 Å². The Labute approximate surface area is 132 Å². The summed E-state index contributed by atoms with van der Waals surface area (Å²) >= 11 is 0. The molecule has 1 aliphatic heterocycles. The number of aromatic nitrogens is 2. The summed E-state index contributed by atoms with van der Waals surface area (Å²) in [6.07, 6.45) is 0. The van der Waals surface area contributed by atoms with Crippen LogP contribution in [0, 0.1) is 0 Å².